The molecule has 1 fully saturated rings. The van der Waals surface area contributed by atoms with Crippen molar-refractivity contribution in [2.45, 2.75) is 6.92 Å². The number of carbonyl (C=O) groups excluding carboxylic acids is 1. The van der Waals surface area contributed by atoms with Crippen molar-refractivity contribution in [2.24, 2.45) is 4.99 Å². The van der Waals surface area contributed by atoms with Gasteiger partial charge >= 0.3 is 0 Å². The zero-order valence-electron chi connectivity index (χ0n) is 14.3. The number of hydrogen-bond donors (Lipinski definition) is 1. The molecule has 1 aliphatic rings. The van der Waals surface area contributed by atoms with Crippen LogP contribution in [0.1, 0.15) is 12.5 Å². The van der Waals surface area contributed by atoms with Crippen molar-refractivity contribution in [1.29, 1.82) is 0 Å². The number of amidine groups is 1. The van der Waals surface area contributed by atoms with Gasteiger partial charge in [-0.05, 0) is 89.3 Å². The quantitative estimate of drug-likeness (QED) is 0.503. The molecule has 1 amide bonds. The van der Waals surface area contributed by atoms with Crippen molar-refractivity contribution >= 4 is 57.2 Å². The maximum absolute atomic E-state index is 12.2. The first-order valence-electron chi connectivity index (χ1n) is 7.95. The summed E-state index contributed by atoms with van der Waals surface area (Å²) in [5.74, 6) is 1.47. The molecule has 0 unspecified atom stereocenters. The Morgan fingerprint density at radius 3 is 2.65 bits per heavy atom. The Hall–Kier alpha value is -2.00. The molecule has 0 radical (unpaired) electrons. The molecule has 1 saturated heterocycles. The average molecular weight is 480 g/mol. The van der Waals surface area contributed by atoms with Crippen LogP contribution >= 0.6 is 34.4 Å². The minimum absolute atomic E-state index is 0.148. The number of rotatable bonds is 5. The second-order valence-electron chi connectivity index (χ2n) is 5.30. The van der Waals surface area contributed by atoms with Crippen LogP contribution in [0.4, 0.5) is 5.69 Å². The van der Waals surface area contributed by atoms with Crippen molar-refractivity contribution in [3.63, 3.8) is 0 Å². The fourth-order valence-electron chi connectivity index (χ4n) is 2.31. The van der Waals surface area contributed by atoms with Gasteiger partial charge in [-0.2, -0.15) is 0 Å². The monoisotopic (exact) mass is 480 g/mol. The van der Waals surface area contributed by atoms with Crippen LogP contribution in [0.3, 0.4) is 0 Å². The summed E-state index contributed by atoms with van der Waals surface area (Å²) in [7, 11) is 1.64. The zero-order valence-corrected chi connectivity index (χ0v) is 17.3. The molecule has 2 aromatic carbocycles. The Morgan fingerprint density at radius 2 is 2.00 bits per heavy atom. The number of amides is 1. The van der Waals surface area contributed by atoms with Gasteiger partial charge in [-0.3, -0.25) is 4.79 Å². The lowest BCUT2D eigenvalue weighted by Crippen LogP contribution is -2.19. The molecule has 2 aromatic rings. The van der Waals surface area contributed by atoms with Crippen molar-refractivity contribution in [2.75, 3.05) is 13.7 Å². The van der Waals surface area contributed by atoms with E-state index < -0.39 is 0 Å². The van der Waals surface area contributed by atoms with Gasteiger partial charge in [-0.15, -0.1) is 0 Å². The fraction of sp³-hybridized carbons (Fsp3) is 0.158. The van der Waals surface area contributed by atoms with Crippen molar-refractivity contribution in [1.82, 2.24) is 5.32 Å². The molecule has 0 saturated carbocycles. The Balaban J connectivity index is 1.76. The van der Waals surface area contributed by atoms with Gasteiger partial charge in [0.15, 0.2) is 5.17 Å². The van der Waals surface area contributed by atoms with Crippen LogP contribution in [0.5, 0.6) is 11.5 Å². The first-order valence-corrected chi connectivity index (χ1v) is 9.84. The number of aliphatic imine (C=N–C) groups is 1. The molecule has 0 atom stereocenters. The molecule has 26 heavy (non-hydrogen) atoms. The number of nitrogens with one attached hydrogen (secondary N) is 1. The summed E-state index contributed by atoms with van der Waals surface area (Å²) in [6, 6.07) is 13.2. The van der Waals surface area contributed by atoms with Gasteiger partial charge in [0.2, 0.25) is 0 Å². The molecule has 3 rings (SSSR count). The van der Waals surface area contributed by atoms with Gasteiger partial charge in [0.05, 0.1) is 27.9 Å². The highest BCUT2D eigenvalue weighted by atomic mass is 127. The summed E-state index contributed by atoms with van der Waals surface area (Å²) < 4.78 is 11.7. The predicted molar refractivity (Wildman–Crippen MR) is 114 cm³/mol. The van der Waals surface area contributed by atoms with Crippen LogP contribution in [0, 0.1) is 3.57 Å². The topological polar surface area (TPSA) is 59.9 Å². The molecular weight excluding hydrogens is 463 g/mol. The van der Waals surface area contributed by atoms with Crippen molar-refractivity contribution < 1.29 is 14.3 Å². The standard InChI is InChI=1S/C19H17IN2O3S/c1-3-25-14-7-5-13(6-8-14)21-19-22-18(23)17(26-19)11-12-4-9-16(24-2)15(20)10-12/h4-11H,3H2,1-2H3,(H,21,22,23). The molecule has 5 nitrogen and oxygen atoms in total. The normalized spacial score (nSPS) is 16.8. The van der Waals surface area contributed by atoms with E-state index >= 15 is 0 Å². The van der Waals surface area contributed by atoms with Gasteiger partial charge < -0.3 is 14.8 Å². The number of halogens is 1. The maximum Gasteiger partial charge on any atom is 0.264 e. The van der Waals surface area contributed by atoms with E-state index in [0.29, 0.717) is 16.7 Å². The van der Waals surface area contributed by atoms with Crippen molar-refractivity contribution in [3.8, 4) is 11.5 Å². The van der Waals surface area contributed by atoms with Crippen molar-refractivity contribution in [3.05, 3.63) is 56.5 Å². The predicted octanol–water partition coefficient (Wildman–Crippen LogP) is 4.59. The number of thioether (sulfide) groups is 1. The van der Waals surface area contributed by atoms with E-state index in [9.17, 15) is 4.79 Å². The first-order chi connectivity index (χ1) is 12.6. The Kier molecular flexibility index (Phi) is 6.20. The Bertz CT molecular complexity index is 879. The van der Waals surface area contributed by atoms with E-state index in [1.807, 2.05) is 55.5 Å². The number of methoxy groups -OCH3 is 1. The third-order valence-electron chi connectivity index (χ3n) is 3.50. The highest BCUT2D eigenvalue weighted by molar-refractivity contribution is 14.1. The molecule has 0 bridgehead atoms. The minimum atomic E-state index is -0.148. The summed E-state index contributed by atoms with van der Waals surface area (Å²) in [6.45, 7) is 2.56. The van der Waals surface area contributed by atoms with Gasteiger partial charge in [-0.1, -0.05) is 6.07 Å². The molecule has 0 aliphatic carbocycles. The van der Waals surface area contributed by atoms with Gasteiger partial charge in [0.1, 0.15) is 11.5 Å². The fourth-order valence-corrected chi connectivity index (χ4v) is 3.91. The Labute approximate surface area is 170 Å². The number of carbonyl (C=O) groups is 1. The van der Waals surface area contributed by atoms with E-state index in [-0.39, 0.29) is 5.91 Å². The van der Waals surface area contributed by atoms with Gasteiger partial charge in [-0.25, -0.2) is 4.99 Å². The third kappa shape index (κ3) is 4.59. The molecule has 0 aromatic heterocycles. The zero-order chi connectivity index (χ0) is 18.5. The molecule has 7 heteroatoms. The SMILES string of the molecule is CCOc1ccc(N=C2NC(=O)C(=Cc3ccc(OC)c(I)c3)S2)cc1. The highest BCUT2D eigenvalue weighted by Gasteiger charge is 2.23. The number of ether oxygens (including phenoxy) is 2. The minimum Gasteiger partial charge on any atom is -0.496 e. The maximum atomic E-state index is 12.2. The molecule has 1 N–H and O–H groups in total. The van der Waals surface area contributed by atoms with Crippen LogP contribution < -0.4 is 14.8 Å². The second kappa shape index (κ2) is 8.59. The van der Waals surface area contributed by atoms with E-state index in [2.05, 4.69) is 32.9 Å². The molecule has 1 heterocycles. The summed E-state index contributed by atoms with van der Waals surface area (Å²) in [5, 5.41) is 3.36. The first kappa shape index (κ1) is 18.8. The summed E-state index contributed by atoms with van der Waals surface area (Å²) in [5.41, 5.74) is 1.70. The van der Waals surface area contributed by atoms with E-state index in [1.54, 1.807) is 7.11 Å². The van der Waals surface area contributed by atoms with Crippen LogP contribution in [-0.4, -0.2) is 24.8 Å². The lowest BCUT2D eigenvalue weighted by Gasteiger charge is -2.03. The lowest BCUT2D eigenvalue weighted by atomic mass is 10.2. The largest absolute Gasteiger partial charge is 0.496 e. The van der Waals surface area contributed by atoms with Crippen LogP contribution in [-0.2, 0) is 4.79 Å². The number of hydrogen-bond acceptors (Lipinski definition) is 5. The number of benzene rings is 2. The Morgan fingerprint density at radius 1 is 1.23 bits per heavy atom. The van der Waals surface area contributed by atoms with Crippen LogP contribution in [0.2, 0.25) is 0 Å². The summed E-state index contributed by atoms with van der Waals surface area (Å²) >= 11 is 3.53. The van der Waals surface area contributed by atoms with E-state index in [4.69, 9.17) is 9.47 Å². The third-order valence-corrected chi connectivity index (χ3v) is 5.26. The molecule has 134 valence electrons. The van der Waals surface area contributed by atoms with Gasteiger partial charge in [0.25, 0.3) is 5.91 Å². The molecule has 1 aliphatic heterocycles. The summed E-state index contributed by atoms with van der Waals surface area (Å²) in [4.78, 5) is 17.3. The van der Waals surface area contributed by atoms with Gasteiger partial charge in [0, 0.05) is 0 Å². The smallest absolute Gasteiger partial charge is 0.264 e. The van der Waals surface area contributed by atoms with E-state index in [0.717, 1.165) is 26.3 Å². The average Bonchev–Trinajstić information content (AvgIpc) is 2.96. The molecular formula is C19H17IN2O3S. The van der Waals surface area contributed by atoms with E-state index in [1.165, 1.54) is 11.8 Å². The summed E-state index contributed by atoms with van der Waals surface area (Å²) in [6.07, 6.45) is 1.85. The van der Waals surface area contributed by atoms with Crippen LogP contribution in [0.15, 0.2) is 52.4 Å². The molecule has 0 spiro atoms. The highest BCUT2D eigenvalue weighted by Crippen LogP contribution is 2.30. The second-order valence-corrected chi connectivity index (χ2v) is 7.50. The number of nitrogens with zero attached hydrogens (tertiary/aromatic N) is 1. The lowest BCUT2D eigenvalue weighted by molar-refractivity contribution is -0.115. The van der Waals surface area contributed by atoms with Crippen LogP contribution in [0.25, 0.3) is 6.08 Å².